The predicted octanol–water partition coefficient (Wildman–Crippen LogP) is 2.19. The molecule has 1 fully saturated rings. The zero-order chi connectivity index (χ0) is 15.8. The number of halogens is 2. The minimum Gasteiger partial charge on any atom is -0.486 e. The normalized spacial score (nSPS) is 19.2. The van der Waals surface area contributed by atoms with E-state index >= 15 is 0 Å². The Morgan fingerprint density at radius 3 is 2.30 bits per heavy atom. The van der Waals surface area contributed by atoms with Crippen LogP contribution < -0.4 is 19.9 Å². The maximum absolute atomic E-state index is 12.8. The molecule has 0 radical (unpaired) electrons. The standard InChI is InChI=1S/C14H19BrN2O4S.ClH/c15-10-7-11-12(21-6-5-20-11)8-13(10)22(18,19)17-14(9-16)3-1-2-4-14;/h7-8,17H,1-6,9,16H2;1H. The van der Waals surface area contributed by atoms with Crippen molar-refractivity contribution in [1.82, 2.24) is 4.72 Å². The maximum atomic E-state index is 12.8. The third-order valence-electron chi connectivity index (χ3n) is 4.19. The SMILES string of the molecule is Cl.NCC1(NS(=O)(=O)c2cc3c(cc2Br)OCCO3)CCCC1. The molecule has 9 heteroatoms. The molecule has 0 atom stereocenters. The Morgan fingerprint density at radius 2 is 1.74 bits per heavy atom. The molecule has 1 saturated carbocycles. The number of hydrogen-bond donors (Lipinski definition) is 2. The summed E-state index contributed by atoms with van der Waals surface area (Å²) in [6.45, 7) is 1.17. The van der Waals surface area contributed by atoms with Crippen molar-refractivity contribution in [2.24, 2.45) is 5.73 Å². The third-order valence-corrected chi connectivity index (χ3v) is 6.73. The minimum absolute atomic E-state index is 0. The van der Waals surface area contributed by atoms with Crippen LogP contribution in [0, 0.1) is 0 Å². The Bertz CT molecular complexity index is 678. The molecule has 1 aromatic carbocycles. The van der Waals surface area contributed by atoms with Crippen LogP contribution in [-0.4, -0.2) is 33.7 Å². The topological polar surface area (TPSA) is 90.7 Å². The number of benzene rings is 1. The Hall–Kier alpha value is -0.540. The molecule has 1 aliphatic heterocycles. The quantitative estimate of drug-likeness (QED) is 0.768. The van der Waals surface area contributed by atoms with E-state index in [9.17, 15) is 8.42 Å². The summed E-state index contributed by atoms with van der Waals surface area (Å²) >= 11 is 3.31. The van der Waals surface area contributed by atoms with Gasteiger partial charge in [0.2, 0.25) is 10.0 Å². The van der Waals surface area contributed by atoms with Crippen molar-refractivity contribution in [3.05, 3.63) is 16.6 Å². The molecule has 6 nitrogen and oxygen atoms in total. The van der Waals surface area contributed by atoms with E-state index in [1.165, 1.54) is 6.07 Å². The highest BCUT2D eigenvalue weighted by molar-refractivity contribution is 9.10. The number of nitrogens with two attached hydrogens (primary N) is 1. The summed E-state index contributed by atoms with van der Waals surface area (Å²) < 4.78 is 39.7. The molecule has 1 aliphatic carbocycles. The molecular formula is C14H20BrClN2O4S. The molecule has 3 N–H and O–H groups in total. The van der Waals surface area contributed by atoms with Crippen LogP contribution >= 0.6 is 28.3 Å². The molecule has 1 aromatic rings. The van der Waals surface area contributed by atoms with Crippen LogP contribution in [0.1, 0.15) is 25.7 Å². The molecule has 23 heavy (non-hydrogen) atoms. The van der Waals surface area contributed by atoms with Crippen LogP contribution in [0.15, 0.2) is 21.5 Å². The van der Waals surface area contributed by atoms with Crippen molar-refractivity contribution >= 4 is 38.4 Å². The highest BCUT2D eigenvalue weighted by Crippen LogP contribution is 2.38. The fourth-order valence-corrected chi connectivity index (χ4v) is 5.50. The first-order valence-corrected chi connectivity index (χ1v) is 9.57. The van der Waals surface area contributed by atoms with E-state index in [-0.39, 0.29) is 17.3 Å². The van der Waals surface area contributed by atoms with E-state index in [2.05, 4.69) is 20.7 Å². The number of ether oxygens (including phenoxy) is 2. The maximum Gasteiger partial charge on any atom is 0.242 e. The van der Waals surface area contributed by atoms with Crippen molar-refractivity contribution in [2.75, 3.05) is 19.8 Å². The van der Waals surface area contributed by atoms with Gasteiger partial charge in [-0.1, -0.05) is 12.8 Å². The van der Waals surface area contributed by atoms with Gasteiger partial charge in [-0.25, -0.2) is 13.1 Å². The Balaban J connectivity index is 0.00000192. The largest absolute Gasteiger partial charge is 0.486 e. The second-order valence-electron chi connectivity index (χ2n) is 5.72. The van der Waals surface area contributed by atoms with Gasteiger partial charge in [0.25, 0.3) is 0 Å². The van der Waals surface area contributed by atoms with Gasteiger partial charge < -0.3 is 15.2 Å². The summed E-state index contributed by atoms with van der Waals surface area (Å²) in [6.07, 6.45) is 3.51. The van der Waals surface area contributed by atoms with E-state index in [0.717, 1.165) is 25.7 Å². The number of sulfonamides is 1. The van der Waals surface area contributed by atoms with Crippen molar-refractivity contribution in [1.29, 1.82) is 0 Å². The van der Waals surface area contributed by atoms with Gasteiger partial charge in [-0.05, 0) is 34.8 Å². The Morgan fingerprint density at radius 1 is 1.17 bits per heavy atom. The predicted molar refractivity (Wildman–Crippen MR) is 93.0 cm³/mol. The lowest BCUT2D eigenvalue weighted by atomic mass is 10.0. The number of fused-ring (bicyclic) bond motifs is 1. The lowest BCUT2D eigenvalue weighted by Crippen LogP contribution is -2.51. The molecule has 0 spiro atoms. The molecule has 130 valence electrons. The molecule has 0 saturated heterocycles. The van der Waals surface area contributed by atoms with E-state index in [1.54, 1.807) is 6.07 Å². The zero-order valence-electron chi connectivity index (χ0n) is 12.5. The van der Waals surface area contributed by atoms with Gasteiger partial charge in [0.05, 0.1) is 0 Å². The summed E-state index contributed by atoms with van der Waals surface area (Å²) in [5.74, 6) is 0.995. The van der Waals surface area contributed by atoms with Crippen LogP contribution in [0.2, 0.25) is 0 Å². The van der Waals surface area contributed by atoms with Gasteiger partial charge in [0.1, 0.15) is 18.1 Å². The van der Waals surface area contributed by atoms with Crippen LogP contribution in [0.3, 0.4) is 0 Å². The first kappa shape index (κ1) is 18.8. The molecule has 0 amide bonds. The highest BCUT2D eigenvalue weighted by Gasteiger charge is 2.37. The van der Waals surface area contributed by atoms with Crippen LogP contribution in [0.4, 0.5) is 0 Å². The lowest BCUT2D eigenvalue weighted by molar-refractivity contribution is 0.171. The van der Waals surface area contributed by atoms with Crippen molar-refractivity contribution in [2.45, 2.75) is 36.1 Å². The third kappa shape index (κ3) is 3.76. The molecule has 1 heterocycles. The van der Waals surface area contributed by atoms with Gasteiger partial charge in [0, 0.05) is 22.6 Å². The second-order valence-corrected chi connectivity index (χ2v) is 8.23. The number of rotatable bonds is 4. The first-order chi connectivity index (χ1) is 10.5. The molecular weight excluding hydrogens is 408 g/mol. The second kappa shape index (κ2) is 7.14. The highest BCUT2D eigenvalue weighted by atomic mass is 79.9. The number of nitrogens with one attached hydrogen (secondary N) is 1. The Labute approximate surface area is 150 Å². The molecule has 3 rings (SSSR count). The van der Waals surface area contributed by atoms with E-state index < -0.39 is 15.6 Å². The lowest BCUT2D eigenvalue weighted by Gasteiger charge is -2.29. The van der Waals surface area contributed by atoms with Crippen LogP contribution in [0.25, 0.3) is 0 Å². The van der Waals surface area contributed by atoms with Crippen molar-refractivity contribution in [3.8, 4) is 11.5 Å². The molecule has 0 aromatic heterocycles. The first-order valence-electron chi connectivity index (χ1n) is 7.29. The van der Waals surface area contributed by atoms with Crippen molar-refractivity contribution in [3.63, 3.8) is 0 Å². The van der Waals surface area contributed by atoms with E-state index in [4.69, 9.17) is 15.2 Å². The molecule has 2 aliphatic rings. The summed E-state index contributed by atoms with van der Waals surface area (Å²) in [7, 11) is -3.69. The minimum atomic E-state index is -3.69. The van der Waals surface area contributed by atoms with Gasteiger partial charge in [-0.3, -0.25) is 0 Å². The molecule has 0 bridgehead atoms. The summed E-state index contributed by atoms with van der Waals surface area (Å²) in [4.78, 5) is 0.150. The molecule has 0 unspecified atom stereocenters. The van der Waals surface area contributed by atoms with Gasteiger partial charge in [-0.15, -0.1) is 12.4 Å². The zero-order valence-corrected chi connectivity index (χ0v) is 15.7. The fraction of sp³-hybridized carbons (Fsp3) is 0.571. The summed E-state index contributed by atoms with van der Waals surface area (Å²) in [5, 5.41) is 0. The Kier molecular flexibility index (Phi) is 5.84. The van der Waals surface area contributed by atoms with Gasteiger partial charge >= 0.3 is 0 Å². The number of hydrogen-bond acceptors (Lipinski definition) is 5. The summed E-state index contributed by atoms with van der Waals surface area (Å²) in [5.41, 5.74) is 5.28. The fourth-order valence-electron chi connectivity index (χ4n) is 2.99. The van der Waals surface area contributed by atoms with E-state index in [0.29, 0.717) is 35.7 Å². The smallest absolute Gasteiger partial charge is 0.242 e. The average molecular weight is 428 g/mol. The van der Waals surface area contributed by atoms with Gasteiger partial charge in [-0.2, -0.15) is 0 Å². The average Bonchev–Trinajstić information content (AvgIpc) is 2.94. The van der Waals surface area contributed by atoms with Crippen LogP contribution in [0.5, 0.6) is 11.5 Å². The van der Waals surface area contributed by atoms with E-state index in [1.807, 2.05) is 0 Å². The monoisotopic (exact) mass is 426 g/mol. The van der Waals surface area contributed by atoms with Crippen LogP contribution in [-0.2, 0) is 10.0 Å². The van der Waals surface area contributed by atoms with Gasteiger partial charge in [0.15, 0.2) is 11.5 Å². The van der Waals surface area contributed by atoms with Crippen molar-refractivity contribution < 1.29 is 17.9 Å². The summed E-state index contributed by atoms with van der Waals surface area (Å²) in [6, 6.07) is 3.13.